The molecule has 0 aliphatic carbocycles. The summed E-state index contributed by atoms with van der Waals surface area (Å²) in [5.41, 5.74) is 0.502. The third-order valence-electron chi connectivity index (χ3n) is 1.72. The van der Waals surface area contributed by atoms with Gasteiger partial charge < -0.3 is 9.64 Å². The molecule has 3 heteroatoms. The molecule has 0 spiro atoms. The first-order valence-corrected chi connectivity index (χ1v) is 4.71. The average Bonchev–Trinajstić information content (AvgIpc) is 2.01. The highest BCUT2D eigenvalue weighted by atomic mass is 16.6. The molecule has 1 amide bonds. The minimum absolute atomic E-state index is 0.275. The smallest absolute Gasteiger partial charge is 0.410 e. The predicted octanol–water partition coefficient (Wildman–Crippen LogP) is 2.35. The molecule has 78 valence electrons. The van der Waals surface area contributed by atoms with E-state index in [0.717, 1.165) is 5.57 Å². The number of hydrogen-bond acceptors (Lipinski definition) is 2. The second kappa shape index (κ2) is 3.86. The molecule has 0 aromatic carbocycles. The van der Waals surface area contributed by atoms with Gasteiger partial charge in [0.2, 0.25) is 0 Å². The van der Waals surface area contributed by atoms with Crippen molar-refractivity contribution in [3.8, 4) is 0 Å². The summed E-state index contributed by atoms with van der Waals surface area (Å²) in [6, 6.07) is 0. The second-order valence-corrected chi connectivity index (χ2v) is 4.42. The molecule has 0 unspecified atom stereocenters. The Labute approximate surface area is 85.0 Å². The summed E-state index contributed by atoms with van der Waals surface area (Å²) in [6.45, 7) is 10.6. The summed E-state index contributed by atoms with van der Waals surface area (Å²) in [5, 5.41) is 0. The summed E-state index contributed by atoms with van der Waals surface area (Å²) < 4.78 is 5.24. The summed E-state index contributed by atoms with van der Waals surface area (Å²) in [5.74, 6) is 0. The van der Waals surface area contributed by atoms with Gasteiger partial charge in [0, 0.05) is 13.1 Å². The van der Waals surface area contributed by atoms with Gasteiger partial charge in [0.05, 0.1) is 0 Å². The lowest BCUT2D eigenvalue weighted by Gasteiger charge is -2.28. The van der Waals surface area contributed by atoms with Crippen molar-refractivity contribution in [3.63, 3.8) is 0 Å². The van der Waals surface area contributed by atoms with Gasteiger partial charge in [0.1, 0.15) is 5.60 Å². The molecule has 0 aromatic rings. The minimum Gasteiger partial charge on any atom is -0.444 e. The number of carbonyl (C=O) groups excluding carboxylic acids is 1. The Morgan fingerprint density at radius 3 is 2.71 bits per heavy atom. The van der Waals surface area contributed by atoms with Gasteiger partial charge in [-0.1, -0.05) is 18.7 Å². The predicted molar refractivity (Wildman–Crippen MR) is 56.1 cm³/mol. The quantitative estimate of drug-likeness (QED) is 0.593. The number of amides is 1. The van der Waals surface area contributed by atoms with E-state index >= 15 is 0 Å². The number of carbonyl (C=O) groups is 1. The van der Waals surface area contributed by atoms with Crippen LogP contribution in [-0.2, 0) is 4.74 Å². The van der Waals surface area contributed by atoms with Gasteiger partial charge in [-0.3, -0.25) is 0 Å². The Kier molecular flexibility index (Phi) is 2.99. The first kappa shape index (κ1) is 10.8. The highest BCUT2D eigenvalue weighted by Crippen LogP contribution is 2.13. The summed E-state index contributed by atoms with van der Waals surface area (Å²) in [4.78, 5) is 13.2. The van der Waals surface area contributed by atoms with E-state index in [1.54, 1.807) is 4.90 Å². The fourth-order valence-corrected chi connectivity index (χ4v) is 1.17. The largest absolute Gasteiger partial charge is 0.444 e. The van der Waals surface area contributed by atoms with Gasteiger partial charge in [0.15, 0.2) is 0 Å². The molecule has 1 aliphatic rings. The molecule has 1 rings (SSSR count). The van der Waals surface area contributed by atoms with Crippen molar-refractivity contribution in [2.24, 2.45) is 0 Å². The fraction of sp³-hybridized carbons (Fsp3) is 0.545. The number of hydrogen-bond donors (Lipinski definition) is 0. The molecular formula is C11H17NO2. The highest BCUT2D eigenvalue weighted by Gasteiger charge is 2.22. The Bertz CT molecular complexity index is 274. The maximum atomic E-state index is 11.6. The van der Waals surface area contributed by atoms with E-state index in [9.17, 15) is 4.79 Å². The third kappa shape index (κ3) is 3.24. The molecule has 3 nitrogen and oxygen atoms in total. The van der Waals surface area contributed by atoms with Crippen molar-refractivity contribution < 1.29 is 9.53 Å². The number of ether oxygens (including phenoxy) is 1. The van der Waals surface area contributed by atoms with Gasteiger partial charge >= 0.3 is 6.09 Å². The lowest BCUT2D eigenvalue weighted by Crippen LogP contribution is -2.39. The molecule has 0 fully saturated rings. The lowest BCUT2D eigenvalue weighted by molar-refractivity contribution is 0.0285. The zero-order valence-corrected chi connectivity index (χ0v) is 9.04. The SMILES string of the molecule is C=C1C=CCN(C(=O)OC(C)(C)C)C1. The van der Waals surface area contributed by atoms with Crippen molar-refractivity contribution >= 4 is 6.09 Å². The maximum absolute atomic E-state index is 11.6. The van der Waals surface area contributed by atoms with Gasteiger partial charge in [-0.25, -0.2) is 4.79 Å². The van der Waals surface area contributed by atoms with E-state index in [0.29, 0.717) is 13.1 Å². The van der Waals surface area contributed by atoms with Gasteiger partial charge in [-0.2, -0.15) is 0 Å². The van der Waals surface area contributed by atoms with E-state index in [-0.39, 0.29) is 6.09 Å². The zero-order chi connectivity index (χ0) is 10.8. The molecule has 0 bridgehead atoms. The van der Waals surface area contributed by atoms with E-state index in [1.165, 1.54) is 0 Å². The monoisotopic (exact) mass is 195 g/mol. The van der Waals surface area contributed by atoms with Crippen LogP contribution in [0.2, 0.25) is 0 Å². The van der Waals surface area contributed by atoms with Crippen LogP contribution in [0.5, 0.6) is 0 Å². The lowest BCUT2D eigenvalue weighted by atomic mass is 10.2. The van der Waals surface area contributed by atoms with Crippen molar-refractivity contribution in [1.29, 1.82) is 0 Å². The van der Waals surface area contributed by atoms with Gasteiger partial charge in [-0.15, -0.1) is 0 Å². The zero-order valence-electron chi connectivity index (χ0n) is 9.04. The third-order valence-corrected chi connectivity index (χ3v) is 1.72. The van der Waals surface area contributed by atoms with E-state index in [4.69, 9.17) is 4.74 Å². The molecule has 0 saturated carbocycles. The molecule has 14 heavy (non-hydrogen) atoms. The molecule has 0 atom stereocenters. The molecule has 1 heterocycles. The van der Waals surface area contributed by atoms with Crippen LogP contribution in [-0.4, -0.2) is 29.7 Å². The van der Waals surface area contributed by atoms with Crippen LogP contribution < -0.4 is 0 Å². The summed E-state index contributed by atoms with van der Waals surface area (Å²) in [6.07, 6.45) is 3.57. The van der Waals surface area contributed by atoms with Crippen LogP contribution in [0.3, 0.4) is 0 Å². The molecule has 0 saturated heterocycles. The highest BCUT2D eigenvalue weighted by molar-refractivity contribution is 5.69. The summed E-state index contributed by atoms with van der Waals surface area (Å²) >= 11 is 0. The maximum Gasteiger partial charge on any atom is 0.410 e. The van der Waals surface area contributed by atoms with Crippen molar-refractivity contribution in [2.45, 2.75) is 26.4 Å². The Morgan fingerprint density at radius 1 is 1.57 bits per heavy atom. The van der Waals surface area contributed by atoms with Crippen LogP contribution in [0, 0.1) is 0 Å². The van der Waals surface area contributed by atoms with E-state index in [1.807, 2.05) is 32.9 Å². The molecule has 0 N–H and O–H groups in total. The standard InChI is InChI=1S/C11H17NO2/c1-9-6-5-7-12(8-9)10(13)14-11(2,3)4/h5-6H,1,7-8H2,2-4H3. The fourth-order valence-electron chi connectivity index (χ4n) is 1.17. The van der Waals surface area contributed by atoms with Crippen molar-refractivity contribution in [2.75, 3.05) is 13.1 Å². The van der Waals surface area contributed by atoms with E-state index in [2.05, 4.69) is 6.58 Å². The van der Waals surface area contributed by atoms with Gasteiger partial charge in [-0.05, 0) is 26.3 Å². The first-order chi connectivity index (χ1) is 6.38. The van der Waals surface area contributed by atoms with Gasteiger partial charge in [0.25, 0.3) is 0 Å². The minimum atomic E-state index is -0.431. The Hall–Kier alpha value is -1.25. The molecule has 0 radical (unpaired) electrons. The Morgan fingerprint density at radius 2 is 2.21 bits per heavy atom. The Balaban J connectivity index is 2.54. The van der Waals surface area contributed by atoms with Crippen molar-refractivity contribution in [1.82, 2.24) is 4.90 Å². The average molecular weight is 195 g/mol. The van der Waals surface area contributed by atoms with Crippen LogP contribution in [0.15, 0.2) is 24.3 Å². The first-order valence-electron chi connectivity index (χ1n) is 4.71. The molecule has 0 aromatic heterocycles. The molecular weight excluding hydrogens is 178 g/mol. The van der Waals surface area contributed by atoms with E-state index < -0.39 is 5.60 Å². The van der Waals surface area contributed by atoms with Crippen LogP contribution in [0.1, 0.15) is 20.8 Å². The summed E-state index contributed by atoms with van der Waals surface area (Å²) in [7, 11) is 0. The van der Waals surface area contributed by atoms with Crippen LogP contribution >= 0.6 is 0 Å². The second-order valence-electron chi connectivity index (χ2n) is 4.42. The normalized spacial score (nSPS) is 17.1. The van der Waals surface area contributed by atoms with Crippen LogP contribution in [0.4, 0.5) is 4.79 Å². The molecule has 1 aliphatic heterocycles. The topological polar surface area (TPSA) is 29.5 Å². The number of rotatable bonds is 0. The number of nitrogens with zero attached hydrogens (tertiary/aromatic N) is 1. The van der Waals surface area contributed by atoms with Crippen molar-refractivity contribution in [3.05, 3.63) is 24.3 Å². The van der Waals surface area contributed by atoms with Crippen LogP contribution in [0.25, 0.3) is 0 Å².